The summed E-state index contributed by atoms with van der Waals surface area (Å²) in [5.41, 5.74) is 1.35. The van der Waals surface area contributed by atoms with E-state index in [1.807, 2.05) is 30.3 Å². The minimum Gasteiger partial charge on any atom is -0.489 e. The average molecular weight is 610 g/mol. The number of hydrogen-bond acceptors (Lipinski definition) is 8. The molecule has 0 saturated carbocycles. The van der Waals surface area contributed by atoms with Crippen LogP contribution in [0.5, 0.6) is 5.75 Å². The van der Waals surface area contributed by atoms with Crippen LogP contribution in [-0.2, 0) is 30.5 Å². The molecule has 2 heterocycles. The number of amides is 2. The summed E-state index contributed by atoms with van der Waals surface area (Å²) in [6.07, 6.45) is 5.77. The Hall–Kier alpha value is -4.12. The van der Waals surface area contributed by atoms with Crippen LogP contribution in [0.4, 0.5) is 10.5 Å². The molecule has 238 valence electrons. The average Bonchev–Trinajstić information content (AvgIpc) is 3.16. The molecule has 2 aromatic rings. The van der Waals surface area contributed by atoms with Crippen molar-refractivity contribution in [3.63, 3.8) is 0 Å². The fourth-order valence-electron chi connectivity index (χ4n) is 5.70. The third-order valence-corrected chi connectivity index (χ3v) is 8.08. The zero-order valence-corrected chi connectivity index (χ0v) is 25.3. The van der Waals surface area contributed by atoms with Gasteiger partial charge in [-0.3, -0.25) is 24.6 Å². The van der Waals surface area contributed by atoms with Gasteiger partial charge in [0.25, 0.3) is 0 Å². The summed E-state index contributed by atoms with van der Waals surface area (Å²) in [6, 6.07) is 14.8. The number of hydrogen-bond donors (Lipinski definition) is 2. The number of benzene rings is 2. The van der Waals surface area contributed by atoms with E-state index < -0.39 is 36.5 Å². The van der Waals surface area contributed by atoms with Gasteiger partial charge in [-0.05, 0) is 49.8 Å². The van der Waals surface area contributed by atoms with Gasteiger partial charge in [0.05, 0.1) is 12.3 Å². The first kappa shape index (κ1) is 32.8. The number of likely N-dealkylation sites (tertiary alicyclic amines) is 1. The van der Waals surface area contributed by atoms with Crippen molar-refractivity contribution in [2.75, 3.05) is 37.7 Å². The van der Waals surface area contributed by atoms with E-state index in [-0.39, 0.29) is 25.9 Å². The van der Waals surface area contributed by atoms with Gasteiger partial charge in [-0.15, -0.1) is 0 Å². The van der Waals surface area contributed by atoms with Gasteiger partial charge in [-0.1, -0.05) is 68.1 Å². The number of carboxylic acid groups (broad SMARTS) is 1. The first-order chi connectivity index (χ1) is 21.4. The fraction of sp³-hybridized carbons (Fsp3) is 0.515. The monoisotopic (exact) mass is 609 g/mol. The summed E-state index contributed by atoms with van der Waals surface area (Å²) < 4.78 is 16.6. The van der Waals surface area contributed by atoms with E-state index >= 15 is 0 Å². The lowest BCUT2D eigenvalue weighted by Crippen LogP contribution is -2.54. The first-order valence-electron chi connectivity index (χ1n) is 15.5. The van der Waals surface area contributed by atoms with Crippen LogP contribution < -0.4 is 15.0 Å². The van der Waals surface area contributed by atoms with Gasteiger partial charge in [0.1, 0.15) is 37.6 Å². The predicted molar refractivity (Wildman–Crippen MR) is 163 cm³/mol. The maximum absolute atomic E-state index is 13.4. The van der Waals surface area contributed by atoms with Crippen LogP contribution >= 0.6 is 0 Å². The van der Waals surface area contributed by atoms with Gasteiger partial charge >= 0.3 is 18.0 Å². The largest absolute Gasteiger partial charge is 0.489 e. The molecule has 2 aliphatic heterocycles. The number of fused-ring (bicyclic) bond motifs is 1. The van der Waals surface area contributed by atoms with Crippen LogP contribution in [0.15, 0.2) is 54.6 Å². The van der Waals surface area contributed by atoms with Crippen LogP contribution in [0.25, 0.3) is 0 Å². The molecule has 2 N–H and O–H groups in total. The fourth-order valence-corrected chi connectivity index (χ4v) is 5.70. The van der Waals surface area contributed by atoms with Crippen LogP contribution in [0.2, 0.25) is 0 Å². The lowest BCUT2D eigenvalue weighted by Gasteiger charge is -2.31. The van der Waals surface area contributed by atoms with Gasteiger partial charge in [0.2, 0.25) is 5.91 Å². The Labute approximate surface area is 258 Å². The summed E-state index contributed by atoms with van der Waals surface area (Å²) in [4.78, 5) is 53.2. The second kappa shape index (κ2) is 16.7. The zero-order chi connectivity index (χ0) is 31.3. The number of esters is 1. The maximum Gasteiger partial charge on any atom is 0.410 e. The van der Waals surface area contributed by atoms with Crippen molar-refractivity contribution in [2.24, 2.45) is 5.92 Å². The second-order valence-corrected chi connectivity index (χ2v) is 11.2. The predicted octanol–water partition coefficient (Wildman–Crippen LogP) is 4.39. The third-order valence-electron chi connectivity index (χ3n) is 8.08. The Morgan fingerprint density at radius 1 is 1.00 bits per heavy atom. The Bertz CT molecular complexity index is 1250. The number of nitrogens with one attached hydrogen (secondary N) is 1. The standard InChI is InChI=1S/C33H43N3O8/c1-2-42-32(40)26(34-27-23-43-29-16-10-9-15-28(29)36(31(27)39)21-30(37)38)14-8-4-5-11-24-17-19-35(20-18-24)33(41)44-22-25-12-6-3-7-13-25/h3,6-7,9-10,12-13,15-16,24,26-27,34H,2,4-5,8,11,14,17-23H2,1H3,(H,37,38)/t26-,27-/m0/s1. The number of anilines is 1. The number of para-hydroxylation sites is 2. The molecule has 44 heavy (non-hydrogen) atoms. The van der Waals surface area contributed by atoms with Crippen LogP contribution in [0, 0.1) is 5.92 Å². The topological polar surface area (TPSA) is 135 Å². The molecule has 0 spiro atoms. The lowest BCUT2D eigenvalue weighted by molar-refractivity contribution is -0.146. The molecule has 1 saturated heterocycles. The highest BCUT2D eigenvalue weighted by Gasteiger charge is 2.35. The van der Waals surface area contributed by atoms with Crippen LogP contribution in [0.1, 0.15) is 57.4 Å². The quantitative estimate of drug-likeness (QED) is 0.236. The Kier molecular flexibility index (Phi) is 12.4. The molecule has 2 aliphatic rings. The summed E-state index contributed by atoms with van der Waals surface area (Å²) in [6.45, 7) is 3.03. The summed E-state index contributed by atoms with van der Waals surface area (Å²) in [7, 11) is 0. The summed E-state index contributed by atoms with van der Waals surface area (Å²) in [5, 5.41) is 12.5. The number of rotatable bonds is 14. The number of nitrogens with zero attached hydrogens (tertiary/aromatic N) is 2. The Morgan fingerprint density at radius 3 is 2.45 bits per heavy atom. The van der Waals surface area contributed by atoms with E-state index in [0.717, 1.165) is 44.1 Å². The van der Waals surface area contributed by atoms with E-state index in [9.17, 15) is 24.3 Å². The highest BCUT2D eigenvalue weighted by atomic mass is 16.6. The summed E-state index contributed by atoms with van der Waals surface area (Å²) >= 11 is 0. The number of piperidine rings is 1. The molecule has 0 aromatic heterocycles. The van der Waals surface area contributed by atoms with Gasteiger partial charge in [-0.2, -0.15) is 0 Å². The highest BCUT2D eigenvalue weighted by Crippen LogP contribution is 2.31. The minimum atomic E-state index is -1.15. The maximum atomic E-state index is 13.4. The minimum absolute atomic E-state index is 0.0413. The molecule has 11 heteroatoms. The first-order valence-corrected chi connectivity index (χ1v) is 15.5. The second-order valence-electron chi connectivity index (χ2n) is 11.2. The van der Waals surface area contributed by atoms with Crippen molar-refractivity contribution in [1.82, 2.24) is 10.2 Å². The Morgan fingerprint density at radius 2 is 1.73 bits per heavy atom. The molecule has 0 bridgehead atoms. The molecule has 2 amide bonds. The van der Waals surface area contributed by atoms with Crippen molar-refractivity contribution in [3.05, 3.63) is 60.2 Å². The van der Waals surface area contributed by atoms with E-state index in [0.29, 0.717) is 36.9 Å². The van der Waals surface area contributed by atoms with Crippen molar-refractivity contribution in [1.29, 1.82) is 0 Å². The number of aliphatic carboxylic acids is 1. The smallest absolute Gasteiger partial charge is 0.410 e. The van der Waals surface area contributed by atoms with Crippen LogP contribution in [0.3, 0.4) is 0 Å². The van der Waals surface area contributed by atoms with Gasteiger partial charge < -0.3 is 24.2 Å². The number of carboxylic acids is 1. The number of unbranched alkanes of at least 4 members (excludes halogenated alkanes) is 2. The highest BCUT2D eigenvalue weighted by molar-refractivity contribution is 6.02. The molecule has 0 radical (unpaired) electrons. The lowest BCUT2D eigenvalue weighted by atomic mass is 9.91. The van der Waals surface area contributed by atoms with Crippen molar-refractivity contribution >= 4 is 29.6 Å². The number of ether oxygens (including phenoxy) is 3. The van der Waals surface area contributed by atoms with E-state index in [4.69, 9.17) is 14.2 Å². The molecule has 2 aromatic carbocycles. The van der Waals surface area contributed by atoms with E-state index in [1.165, 1.54) is 4.90 Å². The number of carbonyl (C=O) groups excluding carboxylic acids is 3. The SMILES string of the molecule is CCOC(=O)[C@H](CCCCCC1CCN(C(=O)OCc2ccccc2)CC1)N[C@H]1COc2ccccc2N(CC(=O)O)C1=O. The van der Waals surface area contributed by atoms with Crippen molar-refractivity contribution < 1.29 is 38.5 Å². The molecule has 0 aliphatic carbocycles. The summed E-state index contributed by atoms with van der Waals surface area (Å²) in [5.74, 6) is -1.12. The van der Waals surface area contributed by atoms with Gasteiger partial charge in [0, 0.05) is 13.1 Å². The molecule has 11 nitrogen and oxygen atoms in total. The van der Waals surface area contributed by atoms with Crippen molar-refractivity contribution in [2.45, 2.75) is 70.6 Å². The third kappa shape index (κ3) is 9.44. The zero-order valence-electron chi connectivity index (χ0n) is 25.3. The van der Waals surface area contributed by atoms with Crippen LogP contribution in [-0.4, -0.2) is 78.9 Å². The number of carbonyl (C=O) groups is 4. The molecular formula is C33H43N3O8. The molecule has 4 rings (SSSR count). The van der Waals surface area contributed by atoms with Crippen molar-refractivity contribution in [3.8, 4) is 5.75 Å². The van der Waals surface area contributed by atoms with Gasteiger partial charge in [-0.25, -0.2) is 4.79 Å². The molecule has 0 unspecified atom stereocenters. The Balaban J connectivity index is 1.21. The normalized spacial score (nSPS) is 17.7. The van der Waals surface area contributed by atoms with E-state index in [2.05, 4.69) is 5.32 Å². The van der Waals surface area contributed by atoms with Gasteiger partial charge in [0.15, 0.2) is 0 Å². The molecule has 1 fully saturated rings. The van der Waals surface area contributed by atoms with E-state index in [1.54, 1.807) is 36.1 Å². The molecule has 2 atom stereocenters. The molecular weight excluding hydrogens is 566 g/mol.